The topological polar surface area (TPSA) is 51.1 Å². The van der Waals surface area contributed by atoms with Gasteiger partial charge in [0.1, 0.15) is 6.61 Å². The van der Waals surface area contributed by atoms with Crippen molar-refractivity contribution in [2.24, 2.45) is 4.99 Å². The lowest BCUT2D eigenvalue weighted by Gasteiger charge is -2.16. The Bertz CT molecular complexity index is 1810. The number of amidine groups is 1. The molecule has 1 heterocycles. The predicted molar refractivity (Wildman–Crippen MR) is 177 cm³/mol. The van der Waals surface area contributed by atoms with Crippen molar-refractivity contribution in [1.29, 1.82) is 0 Å². The van der Waals surface area contributed by atoms with Crippen LogP contribution in [0.1, 0.15) is 22.3 Å². The number of benzene rings is 5. The summed E-state index contributed by atoms with van der Waals surface area (Å²) in [6.45, 7) is 2.94. The SMILES string of the molecule is COc1cccc(/C=C2/SC(=Nc3ccc(C)cc3)N(CCc3ccccc3)C2=O)c1OCc1cccc2ccccc12. The van der Waals surface area contributed by atoms with Crippen LogP contribution in [0.5, 0.6) is 11.5 Å². The Labute approximate surface area is 256 Å². The molecule has 0 N–H and O–H groups in total. The summed E-state index contributed by atoms with van der Waals surface area (Å²) in [5.74, 6) is 1.13. The summed E-state index contributed by atoms with van der Waals surface area (Å²) in [6, 6.07) is 38.4. The van der Waals surface area contributed by atoms with Gasteiger partial charge in [-0.05, 0) is 71.3 Å². The van der Waals surface area contributed by atoms with Crippen LogP contribution in [0, 0.1) is 6.92 Å². The Morgan fingerprint density at radius 2 is 1.58 bits per heavy atom. The van der Waals surface area contributed by atoms with Crippen molar-refractivity contribution in [2.45, 2.75) is 20.0 Å². The largest absolute Gasteiger partial charge is 0.493 e. The standard InChI is InChI=1S/C37H32N2O3S/c1-26-18-20-31(21-19-26)38-37-39(23-22-27-10-4-3-5-11-27)36(40)34(43-37)24-29-14-9-17-33(41-2)35(29)42-25-30-15-8-13-28-12-6-7-16-32(28)30/h3-21,24H,22-23,25H2,1-2H3/b34-24+,38-37?. The minimum absolute atomic E-state index is 0.0744. The number of aliphatic imine (C=N–C) groups is 1. The van der Waals surface area contributed by atoms with Crippen molar-refractivity contribution in [3.63, 3.8) is 0 Å². The van der Waals surface area contributed by atoms with Crippen LogP contribution in [0.4, 0.5) is 5.69 Å². The van der Waals surface area contributed by atoms with Crippen LogP contribution in [-0.4, -0.2) is 29.6 Å². The van der Waals surface area contributed by atoms with Crippen molar-refractivity contribution in [3.05, 3.63) is 142 Å². The lowest BCUT2D eigenvalue weighted by Crippen LogP contribution is -2.31. The Morgan fingerprint density at radius 3 is 2.40 bits per heavy atom. The second-order valence-corrected chi connectivity index (χ2v) is 11.3. The van der Waals surface area contributed by atoms with E-state index < -0.39 is 0 Å². The molecule has 214 valence electrons. The highest BCUT2D eigenvalue weighted by atomic mass is 32.2. The van der Waals surface area contributed by atoms with Gasteiger partial charge >= 0.3 is 0 Å². The molecule has 0 bridgehead atoms. The minimum atomic E-state index is -0.0744. The van der Waals surface area contributed by atoms with Crippen LogP contribution >= 0.6 is 11.8 Å². The van der Waals surface area contributed by atoms with E-state index in [2.05, 4.69) is 36.4 Å². The smallest absolute Gasteiger partial charge is 0.266 e. The Kier molecular flexibility index (Phi) is 8.57. The van der Waals surface area contributed by atoms with E-state index in [-0.39, 0.29) is 5.91 Å². The average Bonchev–Trinajstić information content (AvgIpc) is 3.33. The van der Waals surface area contributed by atoms with Crippen LogP contribution in [0.15, 0.2) is 125 Å². The van der Waals surface area contributed by atoms with Gasteiger partial charge in [0.2, 0.25) is 0 Å². The summed E-state index contributed by atoms with van der Waals surface area (Å²) < 4.78 is 12.1. The summed E-state index contributed by atoms with van der Waals surface area (Å²) in [6.07, 6.45) is 2.62. The molecule has 1 amide bonds. The van der Waals surface area contributed by atoms with Crippen LogP contribution < -0.4 is 9.47 Å². The number of hydrogen-bond donors (Lipinski definition) is 0. The fraction of sp³-hybridized carbons (Fsp3) is 0.135. The molecule has 43 heavy (non-hydrogen) atoms. The Morgan fingerprint density at radius 1 is 0.837 bits per heavy atom. The van der Waals surface area contributed by atoms with Crippen molar-refractivity contribution in [2.75, 3.05) is 13.7 Å². The summed E-state index contributed by atoms with van der Waals surface area (Å²) >= 11 is 1.39. The lowest BCUT2D eigenvalue weighted by molar-refractivity contribution is -0.122. The summed E-state index contributed by atoms with van der Waals surface area (Å²) in [4.78, 5) is 21.1. The number of methoxy groups -OCH3 is 1. The number of carbonyl (C=O) groups excluding carboxylic acids is 1. The lowest BCUT2D eigenvalue weighted by atomic mass is 10.1. The number of amides is 1. The maximum absolute atomic E-state index is 13.9. The molecule has 1 fully saturated rings. The molecule has 1 aliphatic heterocycles. The Hall–Kier alpha value is -4.81. The number of ether oxygens (including phenoxy) is 2. The van der Waals surface area contributed by atoms with E-state index in [9.17, 15) is 4.79 Å². The molecular weight excluding hydrogens is 552 g/mol. The Balaban J connectivity index is 1.32. The number of aryl methyl sites for hydroxylation is 1. The molecule has 0 unspecified atom stereocenters. The molecule has 0 aliphatic carbocycles. The molecule has 0 radical (unpaired) electrons. The maximum Gasteiger partial charge on any atom is 0.266 e. The first-order valence-electron chi connectivity index (χ1n) is 14.3. The molecule has 6 heteroatoms. The highest BCUT2D eigenvalue weighted by molar-refractivity contribution is 8.18. The zero-order valence-corrected chi connectivity index (χ0v) is 25.0. The van der Waals surface area contributed by atoms with E-state index in [1.165, 1.54) is 17.3 Å². The molecule has 1 aliphatic rings. The van der Waals surface area contributed by atoms with Crippen molar-refractivity contribution < 1.29 is 14.3 Å². The average molecular weight is 585 g/mol. The third kappa shape index (κ3) is 6.50. The van der Waals surface area contributed by atoms with Gasteiger partial charge in [-0.1, -0.05) is 103 Å². The number of fused-ring (bicyclic) bond motifs is 1. The molecule has 5 aromatic carbocycles. The molecule has 1 saturated heterocycles. The summed E-state index contributed by atoms with van der Waals surface area (Å²) in [5.41, 5.74) is 5.00. The second kappa shape index (κ2) is 13.0. The van der Waals surface area contributed by atoms with Gasteiger partial charge in [-0.3, -0.25) is 9.69 Å². The molecule has 0 aromatic heterocycles. The molecule has 0 spiro atoms. The van der Waals surface area contributed by atoms with Crippen molar-refractivity contribution >= 4 is 45.4 Å². The minimum Gasteiger partial charge on any atom is -0.493 e. The zero-order chi connectivity index (χ0) is 29.6. The van der Waals surface area contributed by atoms with Crippen molar-refractivity contribution in [3.8, 4) is 11.5 Å². The number of thioether (sulfide) groups is 1. The van der Waals surface area contributed by atoms with E-state index in [1.807, 2.05) is 91.9 Å². The fourth-order valence-electron chi connectivity index (χ4n) is 5.08. The van der Waals surface area contributed by atoms with Crippen LogP contribution in [0.2, 0.25) is 0 Å². The van der Waals surface area contributed by atoms with Gasteiger partial charge in [-0.25, -0.2) is 4.99 Å². The third-order valence-electron chi connectivity index (χ3n) is 7.38. The molecule has 0 saturated carbocycles. The van der Waals surface area contributed by atoms with Crippen LogP contribution in [0.25, 0.3) is 16.8 Å². The molecule has 5 aromatic rings. The van der Waals surface area contributed by atoms with Gasteiger partial charge in [0.25, 0.3) is 5.91 Å². The van der Waals surface area contributed by atoms with Gasteiger partial charge in [0.05, 0.1) is 17.7 Å². The predicted octanol–water partition coefficient (Wildman–Crippen LogP) is 8.58. The van der Waals surface area contributed by atoms with Gasteiger partial charge in [0, 0.05) is 12.1 Å². The molecule has 0 atom stereocenters. The number of para-hydroxylation sites is 1. The van der Waals surface area contributed by atoms with E-state index in [4.69, 9.17) is 14.5 Å². The van der Waals surface area contributed by atoms with Crippen LogP contribution in [0.3, 0.4) is 0 Å². The van der Waals surface area contributed by atoms with E-state index in [0.29, 0.717) is 34.7 Å². The second-order valence-electron chi connectivity index (χ2n) is 10.3. The quantitative estimate of drug-likeness (QED) is 0.163. The van der Waals surface area contributed by atoms with E-state index >= 15 is 0 Å². The molecule has 6 rings (SSSR count). The normalized spacial score (nSPS) is 15.0. The highest BCUT2D eigenvalue weighted by Gasteiger charge is 2.33. The van der Waals surface area contributed by atoms with E-state index in [1.54, 1.807) is 12.0 Å². The fourth-order valence-corrected chi connectivity index (χ4v) is 6.09. The first-order chi connectivity index (χ1) is 21.1. The van der Waals surface area contributed by atoms with Gasteiger partial charge < -0.3 is 9.47 Å². The van der Waals surface area contributed by atoms with Gasteiger partial charge in [0.15, 0.2) is 16.7 Å². The van der Waals surface area contributed by atoms with E-state index in [0.717, 1.165) is 39.6 Å². The number of carbonyl (C=O) groups is 1. The van der Waals surface area contributed by atoms with Gasteiger partial charge in [-0.15, -0.1) is 0 Å². The zero-order valence-electron chi connectivity index (χ0n) is 24.2. The first kappa shape index (κ1) is 28.3. The first-order valence-corrected chi connectivity index (χ1v) is 15.1. The molecule has 5 nitrogen and oxygen atoms in total. The third-order valence-corrected chi connectivity index (χ3v) is 8.39. The monoisotopic (exact) mass is 584 g/mol. The summed E-state index contributed by atoms with van der Waals surface area (Å²) in [5, 5.41) is 2.97. The number of rotatable bonds is 9. The highest BCUT2D eigenvalue weighted by Crippen LogP contribution is 2.39. The number of hydrogen-bond acceptors (Lipinski definition) is 5. The number of nitrogens with zero attached hydrogens (tertiary/aromatic N) is 2. The van der Waals surface area contributed by atoms with Crippen LogP contribution in [-0.2, 0) is 17.8 Å². The molecular formula is C37H32N2O3S. The summed E-state index contributed by atoms with van der Waals surface area (Å²) in [7, 11) is 1.63. The van der Waals surface area contributed by atoms with Gasteiger partial charge in [-0.2, -0.15) is 0 Å². The maximum atomic E-state index is 13.9. The van der Waals surface area contributed by atoms with Crippen molar-refractivity contribution in [1.82, 2.24) is 4.90 Å².